The number of halogens is 1. The van der Waals surface area contributed by atoms with Gasteiger partial charge in [-0.05, 0) is 43.1 Å². The first kappa shape index (κ1) is 13.2. The van der Waals surface area contributed by atoms with Crippen molar-refractivity contribution in [1.82, 2.24) is 9.55 Å². The first-order valence-electron chi connectivity index (χ1n) is 5.56. The molecule has 2 nitrogen and oxygen atoms in total. The van der Waals surface area contributed by atoms with Crippen molar-refractivity contribution < 1.29 is 0 Å². The van der Waals surface area contributed by atoms with E-state index in [1.165, 1.54) is 5.52 Å². The monoisotopic (exact) mass is 330 g/mol. The molecule has 0 fully saturated rings. The van der Waals surface area contributed by atoms with E-state index in [0.717, 1.165) is 26.9 Å². The molecular weight excluding hydrogens is 316 g/mol. The lowest BCUT2D eigenvalue weighted by atomic mass is 10.2. The summed E-state index contributed by atoms with van der Waals surface area (Å²) in [7, 11) is 0. The van der Waals surface area contributed by atoms with Gasteiger partial charge in [0.15, 0.2) is 4.77 Å². The number of thioether (sulfide) groups is 1. The Balaban J connectivity index is 2.59. The number of aromatic nitrogens is 2. The number of hydrogen-bond acceptors (Lipinski definition) is 2. The fourth-order valence-electron chi connectivity index (χ4n) is 2.03. The van der Waals surface area contributed by atoms with Crippen LogP contribution in [0, 0.1) is 4.77 Å². The third-order valence-corrected chi connectivity index (χ3v) is 4.38. The molecule has 2 aromatic rings. The Morgan fingerprint density at radius 3 is 2.94 bits per heavy atom. The first-order chi connectivity index (χ1) is 8.17. The zero-order valence-corrected chi connectivity index (χ0v) is 13.1. The Bertz CT molecular complexity index is 573. The van der Waals surface area contributed by atoms with Crippen LogP contribution in [0.5, 0.6) is 0 Å². The van der Waals surface area contributed by atoms with Crippen LogP contribution in [-0.4, -0.2) is 21.6 Å². The van der Waals surface area contributed by atoms with Gasteiger partial charge in [-0.2, -0.15) is 11.8 Å². The third kappa shape index (κ3) is 2.61. The second kappa shape index (κ2) is 5.59. The topological polar surface area (TPSA) is 20.7 Å². The zero-order chi connectivity index (χ0) is 12.4. The molecule has 0 radical (unpaired) electrons. The van der Waals surface area contributed by atoms with E-state index in [4.69, 9.17) is 12.2 Å². The zero-order valence-electron chi connectivity index (χ0n) is 9.87. The predicted octanol–water partition coefficient (Wildman–Crippen LogP) is 4.78. The molecule has 17 heavy (non-hydrogen) atoms. The highest BCUT2D eigenvalue weighted by Gasteiger charge is 2.13. The lowest BCUT2D eigenvalue weighted by molar-refractivity contribution is 0.547. The van der Waals surface area contributed by atoms with Gasteiger partial charge in [-0.15, -0.1) is 0 Å². The summed E-state index contributed by atoms with van der Waals surface area (Å²) in [5, 5.41) is 0. The van der Waals surface area contributed by atoms with Gasteiger partial charge in [-0.3, -0.25) is 0 Å². The van der Waals surface area contributed by atoms with Crippen molar-refractivity contribution in [3.05, 3.63) is 27.4 Å². The van der Waals surface area contributed by atoms with E-state index in [1.807, 2.05) is 11.8 Å². The standard InChI is InChI=1S/C12H15BrN2S2/c1-3-9(7-17-2)15-11-5-4-8(13)6-10(11)14-12(15)16/h4-6,9H,3,7H2,1-2H3,(H,14,16). The molecule has 92 valence electrons. The lowest BCUT2D eigenvalue weighted by Gasteiger charge is -2.16. The minimum Gasteiger partial charge on any atom is -0.331 e. The number of rotatable bonds is 4. The molecule has 0 aliphatic carbocycles. The lowest BCUT2D eigenvalue weighted by Crippen LogP contribution is -2.10. The SMILES string of the molecule is CCC(CSC)n1c(=S)[nH]c2cc(Br)ccc21. The van der Waals surface area contributed by atoms with Crippen molar-refractivity contribution in [3.8, 4) is 0 Å². The van der Waals surface area contributed by atoms with Gasteiger partial charge < -0.3 is 9.55 Å². The maximum atomic E-state index is 5.44. The Morgan fingerprint density at radius 1 is 1.53 bits per heavy atom. The van der Waals surface area contributed by atoms with Crippen molar-refractivity contribution in [2.75, 3.05) is 12.0 Å². The van der Waals surface area contributed by atoms with E-state index in [1.54, 1.807) is 0 Å². The molecule has 0 bridgehead atoms. The van der Waals surface area contributed by atoms with Crippen LogP contribution in [0.3, 0.4) is 0 Å². The molecule has 0 spiro atoms. The highest BCUT2D eigenvalue weighted by atomic mass is 79.9. The number of nitrogens with zero attached hydrogens (tertiary/aromatic N) is 1. The normalized spacial score (nSPS) is 13.1. The molecule has 1 aromatic heterocycles. The average Bonchev–Trinajstić information content (AvgIpc) is 2.61. The van der Waals surface area contributed by atoms with Crippen LogP contribution >= 0.6 is 39.9 Å². The van der Waals surface area contributed by atoms with Gasteiger partial charge in [0.25, 0.3) is 0 Å². The molecule has 2 rings (SSSR count). The second-order valence-corrected chi connectivity index (χ2v) is 6.19. The third-order valence-electron chi connectivity index (χ3n) is 2.87. The maximum Gasteiger partial charge on any atom is 0.178 e. The quantitative estimate of drug-likeness (QED) is 0.814. The van der Waals surface area contributed by atoms with Gasteiger partial charge in [-0.25, -0.2) is 0 Å². The fraction of sp³-hybridized carbons (Fsp3) is 0.417. The van der Waals surface area contributed by atoms with E-state index in [0.29, 0.717) is 6.04 Å². The molecule has 0 aliphatic rings. The van der Waals surface area contributed by atoms with Crippen molar-refractivity contribution in [3.63, 3.8) is 0 Å². The van der Waals surface area contributed by atoms with E-state index in [9.17, 15) is 0 Å². The Labute approximate surface area is 119 Å². The van der Waals surface area contributed by atoms with Crippen LogP contribution in [0.4, 0.5) is 0 Å². The molecule has 1 N–H and O–H groups in total. The summed E-state index contributed by atoms with van der Waals surface area (Å²) in [6, 6.07) is 6.72. The van der Waals surface area contributed by atoms with Crippen LogP contribution in [0.1, 0.15) is 19.4 Å². The van der Waals surface area contributed by atoms with Crippen LogP contribution in [0.15, 0.2) is 22.7 Å². The highest BCUT2D eigenvalue weighted by molar-refractivity contribution is 9.10. The maximum absolute atomic E-state index is 5.44. The number of fused-ring (bicyclic) bond motifs is 1. The number of hydrogen-bond donors (Lipinski definition) is 1. The highest BCUT2D eigenvalue weighted by Crippen LogP contribution is 2.25. The average molecular weight is 331 g/mol. The number of nitrogens with one attached hydrogen (secondary N) is 1. The smallest absolute Gasteiger partial charge is 0.178 e. The number of aromatic amines is 1. The van der Waals surface area contributed by atoms with Gasteiger partial charge in [-0.1, -0.05) is 22.9 Å². The molecule has 1 heterocycles. The van der Waals surface area contributed by atoms with Crippen LogP contribution in [-0.2, 0) is 0 Å². The largest absolute Gasteiger partial charge is 0.331 e. The number of imidazole rings is 1. The number of H-pyrrole nitrogens is 1. The summed E-state index contributed by atoms with van der Waals surface area (Å²) >= 11 is 10.8. The second-order valence-electron chi connectivity index (χ2n) is 3.98. The summed E-state index contributed by atoms with van der Waals surface area (Å²) in [6.45, 7) is 2.21. The van der Waals surface area contributed by atoms with Crippen molar-refractivity contribution in [2.45, 2.75) is 19.4 Å². The summed E-state index contributed by atoms with van der Waals surface area (Å²) in [5.74, 6) is 1.09. The number of benzene rings is 1. The molecule has 1 unspecified atom stereocenters. The first-order valence-corrected chi connectivity index (χ1v) is 8.15. The van der Waals surface area contributed by atoms with Crippen molar-refractivity contribution >= 4 is 50.9 Å². The van der Waals surface area contributed by atoms with Gasteiger partial charge in [0.1, 0.15) is 0 Å². The van der Waals surface area contributed by atoms with Gasteiger partial charge in [0.05, 0.1) is 11.0 Å². The summed E-state index contributed by atoms with van der Waals surface area (Å²) in [5.41, 5.74) is 2.29. The van der Waals surface area contributed by atoms with E-state index in [2.05, 4.69) is 56.9 Å². The van der Waals surface area contributed by atoms with E-state index >= 15 is 0 Å². The molecule has 0 amide bonds. The van der Waals surface area contributed by atoms with Crippen molar-refractivity contribution in [1.29, 1.82) is 0 Å². The molecule has 0 saturated heterocycles. The van der Waals surface area contributed by atoms with Gasteiger partial charge in [0, 0.05) is 16.3 Å². The minimum absolute atomic E-state index is 0.465. The summed E-state index contributed by atoms with van der Waals surface area (Å²) in [6.07, 6.45) is 3.23. The summed E-state index contributed by atoms with van der Waals surface area (Å²) in [4.78, 5) is 3.28. The predicted molar refractivity (Wildman–Crippen MR) is 82.5 cm³/mol. The van der Waals surface area contributed by atoms with Crippen LogP contribution < -0.4 is 0 Å². The van der Waals surface area contributed by atoms with E-state index < -0.39 is 0 Å². The van der Waals surface area contributed by atoms with Crippen LogP contribution in [0.2, 0.25) is 0 Å². The van der Waals surface area contributed by atoms with Crippen LogP contribution in [0.25, 0.3) is 11.0 Å². The Hall–Kier alpha value is -0.260. The van der Waals surface area contributed by atoms with E-state index in [-0.39, 0.29) is 0 Å². The Kier molecular flexibility index (Phi) is 4.33. The Morgan fingerprint density at radius 2 is 2.29 bits per heavy atom. The minimum atomic E-state index is 0.465. The van der Waals surface area contributed by atoms with Gasteiger partial charge in [0.2, 0.25) is 0 Å². The summed E-state index contributed by atoms with van der Waals surface area (Å²) < 4.78 is 4.14. The molecular formula is C12H15BrN2S2. The molecule has 0 aliphatic heterocycles. The van der Waals surface area contributed by atoms with Crippen molar-refractivity contribution in [2.24, 2.45) is 0 Å². The molecule has 1 atom stereocenters. The molecule has 5 heteroatoms. The fourth-order valence-corrected chi connectivity index (χ4v) is 3.52. The molecule has 0 saturated carbocycles. The van der Waals surface area contributed by atoms with Gasteiger partial charge >= 0.3 is 0 Å². The molecule has 1 aromatic carbocycles.